The fraction of sp³-hybridized carbons (Fsp3) is 0.500. The molecule has 1 saturated carbocycles. The highest BCUT2D eigenvalue weighted by Crippen LogP contribution is 2.29. The molecule has 0 N–H and O–H groups in total. The van der Waals surface area contributed by atoms with E-state index in [1.54, 1.807) is 0 Å². The van der Waals surface area contributed by atoms with E-state index in [9.17, 15) is 0 Å². The second-order valence-electron chi connectivity index (χ2n) is 7.12. The molecule has 5 heteroatoms. The first-order valence-electron chi connectivity index (χ1n) is 9.25. The minimum Gasteiger partial charge on any atom is -0.493 e. The summed E-state index contributed by atoms with van der Waals surface area (Å²) in [6.07, 6.45) is 4.51. The number of rotatable bonds is 6. The van der Waals surface area contributed by atoms with Gasteiger partial charge in [0.05, 0.1) is 6.61 Å². The molecule has 0 spiro atoms. The maximum absolute atomic E-state index is 5.82. The summed E-state index contributed by atoms with van der Waals surface area (Å²) in [6, 6.07) is 10.6. The molecule has 2 aromatic rings. The van der Waals surface area contributed by atoms with Crippen LogP contribution in [-0.4, -0.2) is 47.7 Å². The molecule has 5 nitrogen and oxygen atoms in total. The predicted octanol–water partition coefficient (Wildman–Crippen LogP) is 2.90. The minimum absolute atomic E-state index is 0.801. The zero-order valence-corrected chi connectivity index (χ0v) is 14.9. The van der Waals surface area contributed by atoms with Crippen LogP contribution in [0.1, 0.15) is 24.2 Å². The van der Waals surface area contributed by atoms with E-state index in [1.807, 2.05) is 19.2 Å². The predicted molar refractivity (Wildman–Crippen MR) is 98.9 cm³/mol. The summed E-state index contributed by atoms with van der Waals surface area (Å²) in [5.74, 6) is 3.68. The Morgan fingerprint density at radius 1 is 1.04 bits per heavy atom. The van der Waals surface area contributed by atoms with Gasteiger partial charge in [-0.05, 0) is 49.4 Å². The Labute approximate surface area is 149 Å². The summed E-state index contributed by atoms with van der Waals surface area (Å²) >= 11 is 0. The quantitative estimate of drug-likeness (QED) is 0.810. The Morgan fingerprint density at radius 2 is 1.80 bits per heavy atom. The summed E-state index contributed by atoms with van der Waals surface area (Å²) in [5, 5.41) is 0. The molecule has 1 saturated heterocycles. The number of aryl methyl sites for hydroxylation is 1. The third kappa shape index (κ3) is 4.48. The maximum atomic E-state index is 5.82. The number of piperazine rings is 1. The highest BCUT2D eigenvalue weighted by atomic mass is 16.5. The molecule has 1 aliphatic heterocycles. The van der Waals surface area contributed by atoms with E-state index in [0.29, 0.717) is 0 Å². The van der Waals surface area contributed by atoms with Crippen molar-refractivity contribution < 1.29 is 4.74 Å². The van der Waals surface area contributed by atoms with Crippen LogP contribution < -0.4 is 9.64 Å². The van der Waals surface area contributed by atoms with Crippen molar-refractivity contribution in [3.63, 3.8) is 0 Å². The van der Waals surface area contributed by atoms with Gasteiger partial charge in [-0.1, -0.05) is 12.1 Å². The first kappa shape index (κ1) is 16.3. The summed E-state index contributed by atoms with van der Waals surface area (Å²) in [5.41, 5.74) is 1.35. The lowest BCUT2D eigenvalue weighted by molar-refractivity contribution is 0.249. The van der Waals surface area contributed by atoms with Gasteiger partial charge in [0, 0.05) is 38.9 Å². The van der Waals surface area contributed by atoms with E-state index < -0.39 is 0 Å². The maximum Gasteiger partial charge on any atom is 0.132 e. The van der Waals surface area contributed by atoms with Crippen molar-refractivity contribution in [2.45, 2.75) is 26.3 Å². The third-order valence-corrected chi connectivity index (χ3v) is 4.97. The Kier molecular flexibility index (Phi) is 4.83. The number of hydrogen-bond donors (Lipinski definition) is 0. The molecule has 0 amide bonds. The molecular formula is C20H26N4O. The minimum atomic E-state index is 0.801. The van der Waals surface area contributed by atoms with Crippen LogP contribution in [0.4, 0.5) is 5.82 Å². The molecule has 25 heavy (non-hydrogen) atoms. The second-order valence-corrected chi connectivity index (χ2v) is 7.12. The fourth-order valence-corrected chi connectivity index (χ4v) is 3.20. The standard InChI is InChI=1S/C20H26N4O/c1-16-21-9-8-20(22-16)24-12-10-23(11-13-24)14-17-4-6-19(7-5-17)25-15-18-2-3-18/h4-9,18H,2-3,10-15H2,1H3. The van der Waals surface area contributed by atoms with Gasteiger partial charge >= 0.3 is 0 Å². The van der Waals surface area contributed by atoms with Crippen molar-refractivity contribution in [1.29, 1.82) is 0 Å². The second kappa shape index (κ2) is 7.40. The van der Waals surface area contributed by atoms with Crippen molar-refractivity contribution in [3.05, 3.63) is 47.9 Å². The van der Waals surface area contributed by atoms with Crippen molar-refractivity contribution in [3.8, 4) is 5.75 Å². The van der Waals surface area contributed by atoms with E-state index in [1.165, 1.54) is 18.4 Å². The Morgan fingerprint density at radius 3 is 2.48 bits per heavy atom. The molecule has 2 heterocycles. The van der Waals surface area contributed by atoms with Crippen LogP contribution in [0, 0.1) is 12.8 Å². The molecule has 4 rings (SSSR count). The number of hydrogen-bond acceptors (Lipinski definition) is 5. The lowest BCUT2D eigenvalue weighted by Gasteiger charge is -2.35. The van der Waals surface area contributed by atoms with Gasteiger partial charge in [0.25, 0.3) is 0 Å². The van der Waals surface area contributed by atoms with E-state index in [-0.39, 0.29) is 0 Å². The third-order valence-electron chi connectivity index (χ3n) is 4.97. The van der Waals surface area contributed by atoms with Crippen molar-refractivity contribution >= 4 is 5.82 Å². The lowest BCUT2D eigenvalue weighted by Crippen LogP contribution is -2.46. The van der Waals surface area contributed by atoms with Crippen LogP contribution >= 0.6 is 0 Å². The van der Waals surface area contributed by atoms with Gasteiger partial charge in [-0.15, -0.1) is 0 Å². The molecule has 0 bridgehead atoms. The first-order valence-corrected chi connectivity index (χ1v) is 9.25. The molecule has 2 aliphatic rings. The monoisotopic (exact) mass is 338 g/mol. The Bertz CT molecular complexity index is 691. The van der Waals surface area contributed by atoms with E-state index in [4.69, 9.17) is 4.74 Å². The van der Waals surface area contributed by atoms with Gasteiger partial charge in [0.15, 0.2) is 0 Å². The number of anilines is 1. The zero-order valence-electron chi connectivity index (χ0n) is 14.9. The molecule has 0 unspecified atom stereocenters. The average Bonchev–Trinajstić information content (AvgIpc) is 3.46. The molecule has 1 aromatic heterocycles. The molecule has 132 valence electrons. The van der Waals surface area contributed by atoms with Crippen LogP contribution in [0.25, 0.3) is 0 Å². The van der Waals surface area contributed by atoms with Crippen LogP contribution in [0.3, 0.4) is 0 Å². The fourth-order valence-electron chi connectivity index (χ4n) is 3.20. The lowest BCUT2D eigenvalue weighted by atomic mass is 10.2. The van der Waals surface area contributed by atoms with E-state index in [0.717, 1.165) is 62.6 Å². The molecule has 1 aromatic carbocycles. The molecule has 2 fully saturated rings. The van der Waals surface area contributed by atoms with E-state index >= 15 is 0 Å². The largest absolute Gasteiger partial charge is 0.493 e. The van der Waals surface area contributed by atoms with Gasteiger partial charge in [0.1, 0.15) is 17.4 Å². The van der Waals surface area contributed by atoms with Crippen molar-refractivity contribution in [2.75, 3.05) is 37.7 Å². The Hall–Kier alpha value is -2.14. The highest BCUT2D eigenvalue weighted by molar-refractivity contribution is 5.38. The molecule has 0 radical (unpaired) electrons. The Balaban J connectivity index is 1.26. The van der Waals surface area contributed by atoms with Crippen molar-refractivity contribution in [2.24, 2.45) is 5.92 Å². The average molecular weight is 338 g/mol. The van der Waals surface area contributed by atoms with E-state index in [2.05, 4.69) is 44.0 Å². The summed E-state index contributed by atoms with van der Waals surface area (Å²) in [4.78, 5) is 13.6. The topological polar surface area (TPSA) is 41.5 Å². The summed E-state index contributed by atoms with van der Waals surface area (Å²) in [6.45, 7) is 7.96. The number of benzene rings is 1. The highest BCUT2D eigenvalue weighted by Gasteiger charge is 2.22. The van der Waals surface area contributed by atoms with Gasteiger partial charge in [-0.25, -0.2) is 9.97 Å². The summed E-state index contributed by atoms with van der Waals surface area (Å²) in [7, 11) is 0. The molecule has 0 atom stereocenters. The van der Waals surface area contributed by atoms with Gasteiger partial charge < -0.3 is 9.64 Å². The summed E-state index contributed by atoms with van der Waals surface area (Å²) < 4.78 is 5.82. The van der Waals surface area contributed by atoms with Crippen LogP contribution in [-0.2, 0) is 6.54 Å². The van der Waals surface area contributed by atoms with Crippen LogP contribution in [0.5, 0.6) is 5.75 Å². The van der Waals surface area contributed by atoms with Crippen LogP contribution in [0.15, 0.2) is 36.5 Å². The zero-order chi connectivity index (χ0) is 17.1. The molecule has 1 aliphatic carbocycles. The smallest absolute Gasteiger partial charge is 0.132 e. The van der Waals surface area contributed by atoms with Crippen molar-refractivity contribution in [1.82, 2.24) is 14.9 Å². The number of nitrogens with zero attached hydrogens (tertiary/aromatic N) is 4. The number of ether oxygens (including phenoxy) is 1. The van der Waals surface area contributed by atoms with Gasteiger partial charge in [-0.2, -0.15) is 0 Å². The number of aromatic nitrogens is 2. The normalized spacial score (nSPS) is 18.4. The van der Waals surface area contributed by atoms with Gasteiger partial charge in [0.2, 0.25) is 0 Å². The molecular weight excluding hydrogens is 312 g/mol. The SMILES string of the molecule is Cc1nccc(N2CCN(Cc3ccc(OCC4CC4)cc3)CC2)n1. The first-order chi connectivity index (χ1) is 12.3. The van der Waals surface area contributed by atoms with Gasteiger partial charge in [-0.3, -0.25) is 4.90 Å². The van der Waals surface area contributed by atoms with Crippen LogP contribution in [0.2, 0.25) is 0 Å².